The number of furan rings is 1. The molecule has 1 amide bonds. The Balaban J connectivity index is 1.86. The van der Waals surface area contributed by atoms with Gasteiger partial charge in [-0.05, 0) is 49.9 Å². The first-order valence-electron chi connectivity index (χ1n) is 8.31. The summed E-state index contributed by atoms with van der Waals surface area (Å²) < 4.78 is 5.36. The summed E-state index contributed by atoms with van der Waals surface area (Å²) in [4.78, 5) is 21.8. The van der Waals surface area contributed by atoms with E-state index in [1.54, 1.807) is 37.5 Å². The van der Waals surface area contributed by atoms with Crippen molar-refractivity contribution in [3.05, 3.63) is 65.0 Å². The van der Waals surface area contributed by atoms with Crippen LogP contribution < -0.4 is 5.32 Å². The summed E-state index contributed by atoms with van der Waals surface area (Å²) in [5.41, 5.74) is 2.54. The molecular formula is C20H18N4O2S. The minimum atomic E-state index is -0.236. The number of carbonyl (C=O) groups is 1. The highest BCUT2D eigenvalue weighted by Gasteiger charge is 2.21. The lowest BCUT2D eigenvalue weighted by Crippen LogP contribution is -2.28. The molecule has 1 N–H and O–H groups in total. The van der Waals surface area contributed by atoms with E-state index in [4.69, 9.17) is 9.68 Å². The van der Waals surface area contributed by atoms with Crippen LogP contribution in [0.3, 0.4) is 0 Å². The molecule has 27 heavy (non-hydrogen) atoms. The Morgan fingerprint density at radius 3 is 2.59 bits per heavy atom. The Morgan fingerprint density at radius 1 is 1.26 bits per heavy atom. The molecule has 0 saturated carbocycles. The van der Waals surface area contributed by atoms with E-state index in [2.05, 4.69) is 21.4 Å². The molecule has 3 rings (SSSR count). The van der Waals surface area contributed by atoms with Crippen molar-refractivity contribution >= 4 is 17.7 Å². The van der Waals surface area contributed by atoms with Crippen molar-refractivity contribution in [1.82, 2.24) is 15.3 Å². The zero-order valence-electron chi connectivity index (χ0n) is 15.2. The number of hydrogen-bond donors (Lipinski definition) is 1. The van der Waals surface area contributed by atoms with Crippen LogP contribution in [-0.2, 0) is 0 Å². The molecule has 0 aliphatic rings. The van der Waals surface area contributed by atoms with Gasteiger partial charge in [-0.1, -0.05) is 12.1 Å². The molecule has 0 fully saturated rings. The number of nitrogens with one attached hydrogen (secondary N) is 1. The molecule has 0 spiro atoms. The Hall–Kier alpha value is -3.11. The number of thioether (sulfide) groups is 1. The summed E-state index contributed by atoms with van der Waals surface area (Å²) in [6.07, 6.45) is 3.43. The average molecular weight is 378 g/mol. The molecule has 1 atom stereocenters. The van der Waals surface area contributed by atoms with Gasteiger partial charge in [0.25, 0.3) is 5.91 Å². The molecule has 2 heterocycles. The Morgan fingerprint density at radius 2 is 2.00 bits per heavy atom. The number of aryl methyl sites for hydroxylation is 1. The topological polar surface area (TPSA) is 91.8 Å². The van der Waals surface area contributed by atoms with Crippen molar-refractivity contribution in [2.45, 2.75) is 24.9 Å². The van der Waals surface area contributed by atoms with Crippen LogP contribution in [-0.4, -0.2) is 22.1 Å². The zero-order valence-corrected chi connectivity index (χ0v) is 16.0. The second-order valence-corrected chi connectivity index (χ2v) is 6.72. The average Bonchev–Trinajstić information content (AvgIpc) is 3.22. The van der Waals surface area contributed by atoms with E-state index >= 15 is 0 Å². The van der Waals surface area contributed by atoms with Crippen LogP contribution in [0.4, 0.5) is 0 Å². The quantitative estimate of drug-likeness (QED) is 0.530. The zero-order chi connectivity index (χ0) is 19.4. The molecule has 0 bridgehead atoms. The summed E-state index contributed by atoms with van der Waals surface area (Å²) in [6.45, 7) is 3.68. The third-order valence-electron chi connectivity index (χ3n) is 4.11. The lowest BCUT2D eigenvalue weighted by atomic mass is 10.1. The molecule has 1 unspecified atom stereocenters. The minimum Gasteiger partial charge on any atom is -0.461 e. The van der Waals surface area contributed by atoms with Gasteiger partial charge in [0.1, 0.15) is 5.03 Å². The van der Waals surface area contributed by atoms with Gasteiger partial charge in [0.05, 0.1) is 35.2 Å². The maximum atomic E-state index is 12.9. The highest BCUT2D eigenvalue weighted by atomic mass is 32.2. The van der Waals surface area contributed by atoms with Crippen molar-refractivity contribution in [2.75, 3.05) is 6.26 Å². The number of nitriles is 1. The second kappa shape index (κ2) is 8.06. The van der Waals surface area contributed by atoms with Crippen LogP contribution in [0, 0.1) is 18.3 Å². The fourth-order valence-corrected chi connectivity index (χ4v) is 3.29. The molecule has 1 aromatic carbocycles. The Labute approximate surface area is 161 Å². The monoisotopic (exact) mass is 378 g/mol. The molecule has 0 saturated heterocycles. The summed E-state index contributed by atoms with van der Waals surface area (Å²) in [7, 11) is 0. The first-order chi connectivity index (χ1) is 13.0. The molecule has 7 heteroatoms. The number of benzene rings is 1. The number of rotatable bonds is 5. The maximum Gasteiger partial charge on any atom is 0.256 e. The highest BCUT2D eigenvalue weighted by Crippen LogP contribution is 2.26. The molecule has 0 radical (unpaired) electrons. The third kappa shape index (κ3) is 4.01. The molecule has 136 valence electrons. The molecule has 6 nitrogen and oxygen atoms in total. The van der Waals surface area contributed by atoms with E-state index in [0.29, 0.717) is 33.4 Å². The van der Waals surface area contributed by atoms with Crippen LogP contribution in [0.15, 0.2) is 52.1 Å². The van der Waals surface area contributed by atoms with Crippen molar-refractivity contribution < 1.29 is 9.21 Å². The Bertz CT molecular complexity index is 992. The number of carbonyl (C=O) groups excluding carboxylic acids is 1. The first-order valence-corrected chi connectivity index (χ1v) is 9.53. The molecule has 3 aromatic rings. The normalized spacial score (nSPS) is 11.6. The van der Waals surface area contributed by atoms with E-state index in [-0.39, 0.29) is 11.9 Å². The van der Waals surface area contributed by atoms with E-state index in [1.165, 1.54) is 11.8 Å². The molecular weight excluding hydrogens is 360 g/mol. The van der Waals surface area contributed by atoms with E-state index in [0.717, 1.165) is 5.56 Å². The third-order valence-corrected chi connectivity index (χ3v) is 4.79. The summed E-state index contributed by atoms with van der Waals surface area (Å²) in [6, 6.07) is 12.6. The summed E-state index contributed by atoms with van der Waals surface area (Å²) in [5.74, 6) is 0.782. The highest BCUT2D eigenvalue weighted by molar-refractivity contribution is 7.98. The number of aromatic nitrogens is 2. The molecule has 0 aliphatic carbocycles. The van der Waals surface area contributed by atoms with Gasteiger partial charge in [0, 0.05) is 0 Å². The van der Waals surface area contributed by atoms with Crippen LogP contribution in [0.5, 0.6) is 0 Å². The van der Waals surface area contributed by atoms with Gasteiger partial charge in [-0.15, -0.1) is 11.8 Å². The summed E-state index contributed by atoms with van der Waals surface area (Å²) >= 11 is 1.39. The maximum absolute atomic E-state index is 12.9. The van der Waals surface area contributed by atoms with Gasteiger partial charge >= 0.3 is 0 Å². The van der Waals surface area contributed by atoms with Gasteiger partial charge in [0.2, 0.25) is 0 Å². The minimum absolute atomic E-state index is 0.218. The van der Waals surface area contributed by atoms with Crippen molar-refractivity contribution in [3.8, 4) is 17.7 Å². The number of amides is 1. The molecule has 0 aliphatic heterocycles. The fourth-order valence-electron chi connectivity index (χ4n) is 2.67. The van der Waals surface area contributed by atoms with E-state index in [1.807, 2.05) is 25.3 Å². The van der Waals surface area contributed by atoms with E-state index in [9.17, 15) is 4.79 Å². The Kier molecular flexibility index (Phi) is 5.57. The van der Waals surface area contributed by atoms with Crippen LogP contribution in [0.25, 0.3) is 11.6 Å². The first kappa shape index (κ1) is 18.7. The van der Waals surface area contributed by atoms with Crippen LogP contribution in [0.2, 0.25) is 0 Å². The van der Waals surface area contributed by atoms with Gasteiger partial charge in [-0.2, -0.15) is 5.26 Å². The van der Waals surface area contributed by atoms with Crippen LogP contribution >= 0.6 is 11.8 Å². The van der Waals surface area contributed by atoms with E-state index < -0.39 is 0 Å². The van der Waals surface area contributed by atoms with Crippen LogP contribution in [0.1, 0.15) is 40.1 Å². The smallest absolute Gasteiger partial charge is 0.256 e. The van der Waals surface area contributed by atoms with Gasteiger partial charge < -0.3 is 9.73 Å². The number of hydrogen-bond acceptors (Lipinski definition) is 6. The fraction of sp³-hybridized carbons (Fsp3) is 0.200. The van der Waals surface area contributed by atoms with Gasteiger partial charge in [-0.25, -0.2) is 9.97 Å². The van der Waals surface area contributed by atoms with Gasteiger partial charge in [0.15, 0.2) is 11.6 Å². The predicted molar refractivity (Wildman–Crippen MR) is 103 cm³/mol. The second-order valence-electron chi connectivity index (χ2n) is 5.92. The standard InChI is InChI=1S/C20H18N4O2S/c1-12(15-8-6-14(11-21)7-9-15)23-19(25)17-13(2)22-18(24-20(17)27-3)16-5-4-10-26-16/h4-10,12H,1-3H3,(H,23,25). The largest absolute Gasteiger partial charge is 0.461 e. The van der Waals surface area contributed by atoms with Crippen molar-refractivity contribution in [2.24, 2.45) is 0 Å². The predicted octanol–water partition coefficient (Wildman–Crippen LogP) is 4.13. The lowest BCUT2D eigenvalue weighted by molar-refractivity contribution is 0.0935. The van der Waals surface area contributed by atoms with Crippen molar-refractivity contribution in [3.63, 3.8) is 0 Å². The molecule has 2 aromatic heterocycles. The number of nitrogens with zero attached hydrogens (tertiary/aromatic N) is 3. The lowest BCUT2D eigenvalue weighted by Gasteiger charge is -2.17. The van der Waals surface area contributed by atoms with Crippen molar-refractivity contribution in [1.29, 1.82) is 5.26 Å². The SMILES string of the molecule is CSc1nc(-c2ccco2)nc(C)c1C(=O)NC(C)c1ccc(C#N)cc1. The van der Waals surface area contributed by atoms with Gasteiger partial charge in [-0.3, -0.25) is 4.79 Å². The summed E-state index contributed by atoms with van der Waals surface area (Å²) in [5, 5.41) is 12.5.